The molecule has 0 N–H and O–H groups in total. The molecule has 0 saturated carbocycles. The summed E-state index contributed by atoms with van der Waals surface area (Å²) in [5.41, 5.74) is 12.6. The standard InChI is InChI=1S/C44H28Br8N8.Mn/c1-57-13-5-21(6-14-57)25-37-29(45)31(47)39(53-37)26(22-7-15-58(2)16-8-22)41-33(49)35(51)43(55-41)28(24-11-19-60(4)20-12-24)44-36(52)34(50)42(56-44)27(23-9-17-59(3)18-10-23)40-32(48)30(46)38(25)54-40;/h5-20H,1-4H3;/q+2;+3. The Kier molecular flexibility index (Phi) is 13.2. The number of aryl methyl sites for hydroxylation is 4. The van der Waals surface area contributed by atoms with Crippen LogP contribution in [0.3, 0.4) is 0 Å². The van der Waals surface area contributed by atoms with Gasteiger partial charge in [0.1, 0.15) is 28.2 Å². The second kappa shape index (κ2) is 17.9. The molecule has 9 rings (SSSR count). The van der Waals surface area contributed by atoms with E-state index in [1.165, 1.54) is 0 Å². The summed E-state index contributed by atoms with van der Waals surface area (Å²) in [5, 5.41) is 0. The molecular weight excluding hydrogens is 1330 g/mol. The van der Waals surface area contributed by atoms with Crippen molar-refractivity contribution in [1.82, 2.24) is 19.9 Å². The van der Waals surface area contributed by atoms with Gasteiger partial charge in [-0.1, -0.05) is 63.7 Å². The number of halogens is 8. The summed E-state index contributed by atoms with van der Waals surface area (Å²) < 4.78 is 14.2. The van der Waals surface area contributed by atoms with Crippen molar-refractivity contribution >= 4 is 167 Å². The molecule has 0 radical (unpaired) electrons. The number of hydrogen-bond acceptors (Lipinski definition) is 2. The molecule has 0 fully saturated rings. The minimum Gasteiger partial charge on any atom is -0.655 e. The number of fused-ring (bicyclic) bond motifs is 8. The number of nitrogens with zero attached hydrogens (tertiary/aromatic N) is 8. The quantitative estimate of drug-likeness (QED) is 0.130. The first-order chi connectivity index (χ1) is 28.7. The molecule has 2 aliphatic heterocycles. The fraction of sp³-hybridized carbons (Fsp3) is 0.0909. The molecule has 0 atom stereocenters. The molecule has 0 aromatic carbocycles. The molecule has 0 spiro atoms. The van der Waals surface area contributed by atoms with Crippen molar-refractivity contribution in [3.63, 3.8) is 0 Å². The third kappa shape index (κ3) is 7.94. The predicted molar refractivity (Wildman–Crippen MR) is 266 cm³/mol. The molecule has 17 heteroatoms. The first-order valence-corrected chi connectivity index (χ1v) is 24.5. The molecule has 8 bridgehead atoms. The number of rotatable bonds is 4. The minimum absolute atomic E-state index is 0. The Labute approximate surface area is 429 Å². The van der Waals surface area contributed by atoms with Gasteiger partial charge in [0.05, 0.1) is 40.7 Å². The summed E-state index contributed by atoms with van der Waals surface area (Å²) in [7, 11) is 8.01. The zero-order valence-electron chi connectivity index (χ0n) is 32.2. The maximum absolute atomic E-state index is 5.54. The zero-order chi connectivity index (χ0) is 42.3. The Hall–Kier alpha value is -2.44. The third-order valence-corrected chi connectivity index (χ3v) is 18.6. The average molecular weight is 1360 g/mol. The van der Waals surface area contributed by atoms with Crippen LogP contribution < -0.4 is 28.2 Å². The third-order valence-electron chi connectivity index (χ3n) is 10.3. The van der Waals surface area contributed by atoms with Crippen LogP contribution in [0.2, 0.25) is 0 Å². The Balaban J connectivity index is 0.00000514. The van der Waals surface area contributed by atoms with E-state index in [0.717, 1.165) is 80.3 Å². The van der Waals surface area contributed by atoms with Crippen LogP contribution in [-0.4, -0.2) is 9.97 Å². The fourth-order valence-corrected chi connectivity index (χ4v) is 11.0. The van der Waals surface area contributed by atoms with Crippen LogP contribution >= 0.6 is 127 Å². The van der Waals surface area contributed by atoms with Gasteiger partial charge in [-0.3, -0.25) is 0 Å². The monoisotopic (exact) mass is 1350 g/mol. The van der Waals surface area contributed by atoms with Crippen LogP contribution in [-0.2, 0) is 45.3 Å². The van der Waals surface area contributed by atoms with Gasteiger partial charge in [-0.15, -0.1) is 22.1 Å². The summed E-state index contributed by atoms with van der Waals surface area (Å²) in [6.07, 6.45) is 16.2. The van der Waals surface area contributed by atoms with Crippen molar-refractivity contribution in [3.05, 3.63) is 139 Å². The van der Waals surface area contributed by atoms with E-state index in [9.17, 15) is 0 Å². The summed E-state index contributed by atoms with van der Waals surface area (Å²) in [6.45, 7) is 0. The molecule has 0 amide bonds. The van der Waals surface area contributed by atoms with Crippen molar-refractivity contribution < 1.29 is 35.3 Å². The van der Waals surface area contributed by atoms with Crippen molar-refractivity contribution in [3.8, 4) is 44.5 Å². The zero-order valence-corrected chi connectivity index (χ0v) is 46.1. The predicted octanol–water partition coefficient (Wildman–Crippen LogP) is 11.8. The fourth-order valence-electron chi connectivity index (χ4n) is 7.21. The molecule has 7 aromatic rings. The van der Waals surface area contributed by atoms with Crippen molar-refractivity contribution in [2.45, 2.75) is 0 Å². The second-order valence-corrected chi connectivity index (χ2v) is 20.6. The minimum atomic E-state index is 0. The Morgan fingerprint density at radius 1 is 0.344 bits per heavy atom. The van der Waals surface area contributed by atoms with E-state index in [2.05, 4.69) is 176 Å². The number of hydrogen-bond donors (Lipinski definition) is 0. The van der Waals surface area contributed by atoms with Crippen molar-refractivity contribution in [2.24, 2.45) is 28.2 Å². The van der Waals surface area contributed by atoms with Gasteiger partial charge in [0.2, 0.25) is 0 Å². The maximum Gasteiger partial charge on any atom is 3.00 e. The van der Waals surface area contributed by atoms with E-state index < -0.39 is 0 Å². The molecule has 302 valence electrons. The molecule has 2 aliphatic rings. The molecule has 0 aliphatic carbocycles. The Morgan fingerprint density at radius 3 is 0.705 bits per heavy atom. The first-order valence-electron chi connectivity index (χ1n) is 18.1. The van der Waals surface area contributed by atoms with Gasteiger partial charge in [-0.25, -0.2) is 28.2 Å². The van der Waals surface area contributed by atoms with Crippen LogP contribution in [0.5, 0.6) is 0 Å². The van der Waals surface area contributed by atoms with E-state index >= 15 is 0 Å². The van der Waals surface area contributed by atoms with E-state index in [-0.39, 0.29) is 17.1 Å². The summed E-state index contributed by atoms with van der Waals surface area (Å²) in [6, 6.07) is 16.7. The maximum atomic E-state index is 5.54. The van der Waals surface area contributed by atoms with Gasteiger partial charge >= 0.3 is 17.1 Å². The second-order valence-electron chi connectivity index (χ2n) is 14.3. The molecular formula is C44H28Br8MnN8+5. The molecule has 0 unspecified atom stereocenters. The van der Waals surface area contributed by atoms with Gasteiger partial charge in [-0.2, -0.15) is 0 Å². The Morgan fingerprint density at radius 2 is 0.525 bits per heavy atom. The van der Waals surface area contributed by atoms with E-state index in [0.29, 0.717) is 44.8 Å². The van der Waals surface area contributed by atoms with Crippen LogP contribution in [0.4, 0.5) is 0 Å². The van der Waals surface area contributed by atoms with Gasteiger partial charge < -0.3 is 9.97 Å². The molecule has 7 aromatic heterocycles. The van der Waals surface area contributed by atoms with Gasteiger partial charge in [-0.05, 0) is 108 Å². The summed E-state index contributed by atoms with van der Waals surface area (Å²) >= 11 is 32.1. The van der Waals surface area contributed by atoms with Gasteiger partial charge in [0, 0.05) is 66.4 Å². The van der Waals surface area contributed by atoms with Crippen LogP contribution in [0, 0.1) is 0 Å². The van der Waals surface area contributed by atoms with Crippen LogP contribution in [0.15, 0.2) is 116 Å². The van der Waals surface area contributed by atoms with E-state index in [4.69, 9.17) is 19.9 Å². The molecule has 61 heavy (non-hydrogen) atoms. The van der Waals surface area contributed by atoms with Gasteiger partial charge in [0.25, 0.3) is 0 Å². The number of pyridine rings is 4. The van der Waals surface area contributed by atoms with Crippen LogP contribution in [0.1, 0.15) is 22.8 Å². The summed E-state index contributed by atoms with van der Waals surface area (Å²) in [4.78, 5) is 22.2. The van der Waals surface area contributed by atoms with Crippen molar-refractivity contribution in [2.75, 3.05) is 0 Å². The largest absolute Gasteiger partial charge is 3.00 e. The average Bonchev–Trinajstić information content (AvgIpc) is 3.89. The summed E-state index contributed by atoms with van der Waals surface area (Å²) in [5.74, 6) is 0. The van der Waals surface area contributed by atoms with Gasteiger partial charge in [0.15, 0.2) is 49.6 Å². The van der Waals surface area contributed by atoms with Crippen LogP contribution in [0.25, 0.3) is 84.5 Å². The van der Waals surface area contributed by atoms with Crippen molar-refractivity contribution in [1.29, 1.82) is 0 Å². The molecule has 0 saturated heterocycles. The normalized spacial score (nSPS) is 12.7. The van der Waals surface area contributed by atoms with E-state index in [1.54, 1.807) is 0 Å². The smallest absolute Gasteiger partial charge is 0.655 e. The Bertz CT molecular complexity index is 2770. The topological polar surface area (TPSA) is 69.5 Å². The van der Waals surface area contributed by atoms with E-state index in [1.807, 2.05) is 96.0 Å². The number of aromatic nitrogens is 8. The molecule has 9 heterocycles. The molecule has 8 nitrogen and oxygen atoms in total. The first kappa shape index (κ1) is 45.1. The SMILES string of the molecule is C[n+]1ccc(-c2c3nc(c(-c4cc[n+](C)cc4)c4[n-]c(c(Br)c4Br)c(-c4cc[n+](C)cc4)c4nc(c(-c5cc[n+](C)cc5)c5[n-]c2c(Br)c5Br)C(Br)=C4Br)C(Br)=C3Br)cc1.[Mn+3].